The molecule has 0 aliphatic carbocycles. The van der Waals surface area contributed by atoms with E-state index in [0.29, 0.717) is 27.6 Å². The maximum absolute atomic E-state index is 12.6. The third kappa shape index (κ3) is 4.15. The normalized spacial score (nSPS) is 12.4. The summed E-state index contributed by atoms with van der Waals surface area (Å²) in [7, 11) is -3.56. The van der Waals surface area contributed by atoms with E-state index >= 15 is 0 Å². The molecule has 30 heavy (non-hydrogen) atoms. The highest BCUT2D eigenvalue weighted by atomic mass is 32.2. The molecule has 0 amide bonds. The fourth-order valence-corrected chi connectivity index (χ4v) is 3.90. The van der Waals surface area contributed by atoms with Gasteiger partial charge in [-0.05, 0) is 31.5 Å². The first-order valence-corrected chi connectivity index (χ1v) is 11.1. The fraction of sp³-hybridized carbons (Fsp3) is 0.238. The number of aliphatic hydroxyl groups excluding tert-OH is 1. The Kier molecular flexibility index (Phi) is 5.82. The maximum Gasteiger partial charge on any atom is 0.355 e. The van der Waals surface area contributed by atoms with Crippen LogP contribution in [0.15, 0.2) is 36.4 Å². The predicted octanol–water partition coefficient (Wildman–Crippen LogP) is 3.31. The molecule has 3 N–H and O–H groups in total. The van der Waals surface area contributed by atoms with Crippen molar-refractivity contribution in [1.82, 2.24) is 4.98 Å². The van der Waals surface area contributed by atoms with Crippen LogP contribution < -0.4 is 4.72 Å². The summed E-state index contributed by atoms with van der Waals surface area (Å²) in [5.74, 6) is -0.572. The van der Waals surface area contributed by atoms with Gasteiger partial charge in [-0.2, -0.15) is 5.26 Å². The second-order valence-corrected chi connectivity index (χ2v) is 8.54. The van der Waals surface area contributed by atoms with Gasteiger partial charge in [-0.1, -0.05) is 24.3 Å². The average Bonchev–Trinajstić information content (AvgIpc) is 3.07. The molecular weight excluding hydrogens is 406 g/mol. The zero-order chi connectivity index (χ0) is 22.1. The summed E-state index contributed by atoms with van der Waals surface area (Å²) in [5, 5.41) is 20.3. The molecule has 0 saturated carbocycles. The second kappa shape index (κ2) is 8.18. The number of esters is 1. The van der Waals surface area contributed by atoms with Crippen LogP contribution in [-0.4, -0.2) is 37.3 Å². The Balaban J connectivity index is 2.29. The molecule has 0 bridgehead atoms. The lowest BCUT2D eigenvalue weighted by Crippen LogP contribution is -2.11. The number of nitrogens with zero attached hydrogens (tertiary/aromatic N) is 1. The van der Waals surface area contributed by atoms with Crippen LogP contribution in [0.3, 0.4) is 0 Å². The molecule has 0 saturated heterocycles. The van der Waals surface area contributed by atoms with Crippen LogP contribution in [0.1, 0.15) is 41.6 Å². The third-order valence-corrected chi connectivity index (χ3v) is 5.11. The van der Waals surface area contributed by atoms with E-state index in [4.69, 9.17) is 4.74 Å². The minimum Gasteiger partial charge on any atom is -0.461 e. The summed E-state index contributed by atoms with van der Waals surface area (Å²) in [6.45, 7) is 3.50. The van der Waals surface area contributed by atoms with Crippen molar-refractivity contribution in [2.24, 2.45) is 0 Å². The van der Waals surface area contributed by atoms with Gasteiger partial charge in [-0.3, -0.25) is 4.72 Å². The first-order valence-electron chi connectivity index (χ1n) is 9.18. The molecule has 0 aliphatic heterocycles. The second-order valence-electron chi connectivity index (χ2n) is 6.79. The van der Waals surface area contributed by atoms with Gasteiger partial charge in [0.05, 0.1) is 35.7 Å². The van der Waals surface area contributed by atoms with Crippen LogP contribution in [0.4, 0.5) is 5.69 Å². The van der Waals surface area contributed by atoms with E-state index < -0.39 is 22.1 Å². The van der Waals surface area contributed by atoms with Crippen molar-refractivity contribution in [3.8, 4) is 17.2 Å². The van der Waals surface area contributed by atoms with E-state index in [9.17, 15) is 23.6 Å². The first kappa shape index (κ1) is 21.4. The van der Waals surface area contributed by atoms with Crippen LogP contribution in [0.2, 0.25) is 0 Å². The highest BCUT2D eigenvalue weighted by Crippen LogP contribution is 2.37. The number of para-hydroxylation sites is 1. The molecule has 1 aromatic heterocycles. The van der Waals surface area contributed by atoms with Crippen molar-refractivity contribution in [2.75, 3.05) is 17.6 Å². The van der Waals surface area contributed by atoms with E-state index in [-0.39, 0.29) is 23.6 Å². The number of aromatic amines is 1. The monoisotopic (exact) mass is 427 g/mol. The number of aromatic nitrogens is 1. The molecule has 3 aromatic rings. The van der Waals surface area contributed by atoms with Crippen molar-refractivity contribution in [2.45, 2.75) is 20.0 Å². The van der Waals surface area contributed by atoms with Crippen LogP contribution in [-0.2, 0) is 14.8 Å². The fourth-order valence-electron chi connectivity index (χ4n) is 3.33. The number of sulfonamides is 1. The van der Waals surface area contributed by atoms with E-state index in [2.05, 4.69) is 9.71 Å². The highest BCUT2D eigenvalue weighted by molar-refractivity contribution is 7.92. The molecule has 9 heteroatoms. The molecule has 8 nitrogen and oxygen atoms in total. The van der Waals surface area contributed by atoms with Crippen LogP contribution in [0, 0.1) is 11.3 Å². The lowest BCUT2D eigenvalue weighted by Gasteiger charge is -2.10. The highest BCUT2D eigenvalue weighted by Gasteiger charge is 2.23. The molecular formula is C21H21N3O5S. The standard InChI is InChI=1S/C21H21N3O5S/c1-4-29-21(26)20-18(16-7-5-6-15(12(2)25)19(16)23-20)13-8-9-17(14(10-13)11-22)24-30(3,27)28/h5-10,12,23-25H,4H2,1-3H3. The van der Waals surface area contributed by atoms with Gasteiger partial charge in [-0.15, -0.1) is 0 Å². The van der Waals surface area contributed by atoms with Gasteiger partial charge >= 0.3 is 5.97 Å². The number of rotatable bonds is 6. The van der Waals surface area contributed by atoms with Gasteiger partial charge in [0.25, 0.3) is 0 Å². The Morgan fingerprint density at radius 2 is 2.07 bits per heavy atom. The van der Waals surface area contributed by atoms with Crippen LogP contribution >= 0.6 is 0 Å². The number of benzene rings is 2. The Morgan fingerprint density at radius 3 is 2.67 bits per heavy atom. The number of fused-ring (bicyclic) bond motifs is 1. The summed E-state index contributed by atoms with van der Waals surface area (Å²) in [6, 6.07) is 11.9. The van der Waals surface area contributed by atoms with Gasteiger partial charge in [-0.25, -0.2) is 13.2 Å². The molecule has 0 radical (unpaired) electrons. The van der Waals surface area contributed by atoms with Gasteiger partial charge in [0.15, 0.2) is 0 Å². The smallest absolute Gasteiger partial charge is 0.355 e. The van der Waals surface area contributed by atoms with Gasteiger partial charge in [0, 0.05) is 16.5 Å². The minimum absolute atomic E-state index is 0.105. The summed E-state index contributed by atoms with van der Waals surface area (Å²) in [6.07, 6.45) is 0.226. The SMILES string of the molecule is CCOC(=O)c1[nH]c2c(C(C)O)cccc2c1-c1ccc(NS(C)(=O)=O)c(C#N)c1. The van der Waals surface area contributed by atoms with Crippen LogP contribution in [0.25, 0.3) is 22.0 Å². The molecule has 1 unspecified atom stereocenters. The summed E-state index contributed by atoms with van der Waals surface area (Å²) < 4.78 is 30.6. The van der Waals surface area contributed by atoms with Gasteiger partial charge in [0.1, 0.15) is 11.8 Å². The molecule has 0 fully saturated rings. The lowest BCUT2D eigenvalue weighted by molar-refractivity contribution is 0.0521. The lowest BCUT2D eigenvalue weighted by atomic mass is 9.97. The minimum atomic E-state index is -3.56. The zero-order valence-corrected chi connectivity index (χ0v) is 17.5. The Hall–Kier alpha value is -3.35. The number of H-pyrrole nitrogens is 1. The molecule has 2 aromatic carbocycles. The summed E-state index contributed by atoms with van der Waals surface area (Å²) in [4.78, 5) is 15.7. The number of nitrogens with one attached hydrogen (secondary N) is 2. The Labute approximate surface area is 174 Å². The number of ether oxygens (including phenoxy) is 1. The van der Waals surface area contributed by atoms with E-state index in [1.54, 1.807) is 38.1 Å². The quantitative estimate of drug-likeness (QED) is 0.517. The number of carbonyl (C=O) groups excluding carboxylic acids is 1. The van der Waals surface area contributed by atoms with E-state index in [1.165, 1.54) is 12.1 Å². The molecule has 1 heterocycles. The largest absolute Gasteiger partial charge is 0.461 e. The molecule has 3 rings (SSSR count). The van der Waals surface area contributed by atoms with Crippen molar-refractivity contribution in [3.05, 3.63) is 53.2 Å². The van der Waals surface area contributed by atoms with E-state index in [0.717, 1.165) is 6.26 Å². The van der Waals surface area contributed by atoms with Crippen molar-refractivity contribution >= 4 is 32.6 Å². The zero-order valence-electron chi connectivity index (χ0n) is 16.7. The predicted molar refractivity (Wildman–Crippen MR) is 114 cm³/mol. The van der Waals surface area contributed by atoms with Crippen molar-refractivity contribution in [3.63, 3.8) is 0 Å². The Bertz CT molecular complexity index is 1270. The molecule has 156 valence electrons. The number of hydrogen-bond acceptors (Lipinski definition) is 6. The number of nitriles is 1. The van der Waals surface area contributed by atoms with Crippen LogP contribution in [0.5, 0.6) is 0 Å². The average molecular weight is 427 g/mol. The van der Waals surface area contributed by atoms with Crippen molar-refractivity contribution in [1.29, 1.82) is 5.26 Å². The topological polar surface area (TPSA) is 132 Å². The molecule has 0 aliphatic rings. The van der Waals surface area contributed by atoms with Gasteiger partial charge in [0.2, 0.25) is 10.0 Å². The molecule has 1 atom stereocenters. The molecule has 0 spiro atoms. The Morgan fingerprint density at radius 1 is 1.33 bits per heavy atom. The van der Waals surface area contributed by atoms with Gasteiger partial charge < -0.3 is 14.8 Å². The maximum atomic E-state index is 12.6. The van der Waals surface area contributed by atoms with Crippen molar-refractivity contribution < 1.29 is 23.1 Å². The number of aliphatic hydroxyl groups is 1. The first-order chi connectivity index (χ1) is 14.2. The number of anilines is 1. The third-order valence-electron chi connectivity index (χ3n) is 4.52. The van der Waals surface area contributed by atoms with E-state index in [1.807, 2.05) is 6.07 Å². The number of carbonyl (C=O) groups is 1. The summed E-state index contributed by atoms with van der Waals surface area (Å²) in [5.41, 5.74) is 2.67. The summed E-state index contributed by atoms with van der Waals surface area (Å²) >= 11 is 0. The number of hydrogen-bond donors (Lipinski definition) is 3.